The lowest BCUT2D eigenvalue weighted by atomic mass is 9.77. The standard InChI is InChI=1S/C28H26N2O2S2/c1-29-23-9-7-21(31)15-25(23)33-27(29)13-17-3-5-19-6-4-18(12-20(19)11-17)14-28-30(2)24-10-8-22(32)16-26(24)34-28/h7-16,19H,3-6H2,1-2H3,(H-,31,32)/p+1. The first kappa shape index (κ1) is 21.6. The molecule has 2 aliphatic carbocycles. The van der Waals surface area contributed by atoms with Crippen molar-refractivity contribution in [3.05, 3.63) is 81.4 Å². The van der Waals surface area contributed by atoms with E-state index in [-0.39, 0.29) is 0 Å². The van der Waals surface area contributed by atoms with Gasteiger partial charge < -0.3 is 15.1 Å². The number of aryl methyl sites for hydroxylation is 1. The van der Waals surface area contributed by atoms with Gasteiger partial charge in [-0.3, -0.25) is 0 Å². The number of hydrogen-bond acceptors (Lipinski definition) is 5. The SMILES string of the molecule is CN1/C(=C/C2=CC3=C/C(=C/c4sc5cc(O)ccc5[n+]4C)CCC3CC2)Sc2cc(O)ccc21. The molecule has 4 nitrogen and oxygen atoms in total. The third-order valence-electron chi connectivity index (χ3n) is 7.06. The highest BCUT2D eigenvalue weighted by atomic mass is 32.2. The molecule has 3 aliphatic rings. The number of rotatable bonds is 2. The second kappa shape index (κ2) is 8.36. The molecule has 1 unspecified atom stereocenters. The Balaban J connectivity index is 1.30. The molecule has 6 heteroatoms. The van der Waals surface area contributed by atoms with Crippen LogP contribution in [0.3, 0.4) is 0 Å². The number of hydrogen-bond donors (Lipinski definition) is 2. The Hall–Kier alpha value is -2.96. The van der Waals surface area contributed by atoms with E-state index in [0.717, 1.165) is 33.6 Å². The van der Waals surface area contributed by atoms with Crippen LogP contribution in [0.25, 0.3) is 16.3 Å². The summed E-state index contributed by atoms with van der Waals surface area (Å²) in [4.78, 5) is 3.32. The fourth-order valence-electron chi connectivity index (χ4n) is 5.13. The van der Waals surface area contributed by atoms with E-state index < -0.39 is 0 Å². The van der Waals surface area contributed by atoms with Crippen molar-refractivity contribution in [3.8, 4) is 11.5 Å². The van der Waals surface area contributed by atoms with Crippen molar-refractivity contribution in [1.82, 2.24) is 0 Å². The minimum absolute atomic E-state index is 0.316. The quantitative estimate of drug-likeness (QED) is 0.397. The predicted octanol–water partition coefficient (Wildman–Crippen LogP) is 6.66. The van der Waals surface area contributed by atoms with E-state index in [2.05, 4.69) is 47.9 Å². The molecule has 0 saturated heterocycles. The topological polar surface area (TPSA) is 47.6 Å². The van der Waals surface area contributed by atoms with Crippen LogP contribution in [-0.2, 0) is 7.05 Å². The molecule has 1 aliphatic heterocycles. The Kier molecular flexibility index (Phi) is 5.30. The zero-order valence-electron chi connectivity index (χ0n) is 19.3. The number of phenols is 2. The molecule has 0 spiro atoms. The first-order valence-electron chi connectivity index (χ1n) is 11.7. The van der Waals surface area contributed by atoms with Gasteiger partial charge >= 0.3 is 0 Å². The molecule has 2 N–H and O–H groups in total. The fraction of sp³-hybridized carbons (Fsp3) is 0.250. The molecule has 0 fully saturated rings. The number of aromatic nitrogens is 1. The van der Waals surface area contributed by atoms with Crippen molar-refractivity contribution in [1.29, 1.82) is 0 Å². The summed E-state index contributed by atoms with van der Waals surface area (Å²) >= 11 is 3.45. The summed E-state index contributed by atoms with van der Waals surface area (Å²) in [6, 6.07) is 11.2. The number of nitrogens with zero attached hydrogens (tertiary/aromatic N) is 2. The second-order valence-electron chi connectivity index (χ2n) is 9.30. The monoisotopic (exact) mass is 487 g/mol. The van der Waals surface area contributed by atoms with Crippen LogP contribution in [-0.4, -0.2) is 17.3 Å². The van der Waals surface area contributed by atoms with Crippen LogP contribution in [0.4, 0.5) is 5.69 Å². The molecule has 2 aromatic carbocycles. The molecule has 3 aromatic rings. The molecule has 0 amide bonds. The molecule has 1 aromatic heterocycles. The Morgan fingerprint density at radius 3 is 2.68 bits per heavy atom. The van der Waals surface area contributed by atoms with E-state index in [9.17, 15) is 10.2 Å². The van der Waals surface area contributed by atoms with E-state index in [4.69, 9.17) is 0 Å². The molecular weight excluding hydrogens is 460 g/mol. The zero-order valence-corrected chi connectivity index (χ0v) is 20.9. The summed E-state index contributed by atoms with van der Waals surface area (Å²) in [5.41, 5.74) is 6.48. The molecule has 0 saturated carbocycles. The van der Waals surface area contributed by atoms with Gasteiger partial charge in [0.05, 0.1) is 10.7 Å². The average molecular weight is 488 g/mol. The lowest BCUT2D eigenvalue weighted by Gasteiger charge is -2.28. The van der Waals surface area contributed by atoms with Gasteiger partial charge in [0.15, 0.2) is 0 Å². The second-order valence-corrected chi connectivity index (χ2v) is 11.4. The molecular formula is C28H27N2O2S2+. The maximum Gasteiger partial charge on any atom is 0.262 e. The van der Waals surface area contributed by atoms with Crippen molar-refractivity contribution in [3.63, 3.8) is 0 Å². The molecule has 0 radical (unpaired) electrons. The number of aromatic hydroxyl groups is 2. The van der Waals surface area contributed by atoms with Crippen molar-refractivity contribution in [2.75, 3.05) is 11.9 Å². The van der Waals surface area contributed by atoms with E-state index in [1.807, 2.05) is 24.3 Å². The number of thioether (sulfide) groups is 1. The Morgan fingerprint density at radius 2 is 1.79 bits per heavy atom. The summed E-state index contributed by atoms with van der Waals surface area (Å²) in [6.07, 6.45) is 14.0. The van der Waals surface area contributed by atoms with Gasteiger partial charge in [0.2, 0.25) is 5.52 Å². The summed E-state index contributed by atoms with van der Waals surface area (Å²) in [7, 11) is 4.19. The number of phenolic OH excluding ortho intramolecular Hbond substituents is 2. The first-order valence-corrected chi connectivity index (χ1v) is 13.3. The number of fused-ring (bicyclic) bond motifs is 3. The van der Waals surface area contributed by atoms with Crippen molar-refractivity contribution >= 4 is 45.1 Å². The van der Waals surface area contributed by atoms with Gasteiger partial charge in [-0.1, -0.05) is 35.3 Å². The third kappa shape index (κ3) is 3.85. The van der Waals surface area contributed by atoms with Crippen molar-refractivity contribution in [2.45, 2.75) is 30.6 Å². The lowest BCUT2D eigenvalue weighted by Crippen LogP contribution is -2.29. The van der Waals surface area contributed by atoms with Crippen molar-refractivity contribution < 1.29 is 14.8 Å². The minimum atomic E-state index is 0.316. The molecule has 6 rings (SSSR count). The normalized spacial score (nSPS) is 22.2. The summed E-state index contributed by atoms with van der Waals surface area (Å²) in [5, 5.41) is 22.1. The van der Waals surface area contributed by atoms with Gasteiger partial charge in [0, 0.05) is 30.2 Å². The minimum Gasteiger partial charge on any atom is -0.508 e. The van der Waals surface area contributed by atoms with Crippen LogP contribution < -0.4 is 9.47 Å². The summed E-state index contributed by atoms with van der Waals surface area (Å²) in [5.74, 6) is 1.28. The van der Waals surface area contributed by atoms with Crippen LogP contribution in [0.2, 0.25) is 0 Å². The highest BCUT2D eigenvalue weighted by Gasteiger charge is 2.26. The summed E-state index contributed by atoms with van der Waals surface area (Å²) in [6.45, 7) is 0. The zero-order chi connectivity index (χ0) is 23.4. The maximum atomic E-state index is 9.83. The van der Waals surface area contributed by atoms with Crippen LogP contribution in [0.1, 0.15) is 30.7 Å². The van der Waals surface area contributed by atoms with E-state index >= 15 is 0 Å². The maximum absolute atomic E-state index is 9.83. The number of thiazole rings is 1. The lowest BCUT2D eigenvalue weighted by molar-refractivity contribution is -0.642. The molecule has 0 bridgehead atoms. The third-order valence-corrected chi connectivity index (χ3v) is 9.35. The Morgan fingerprint density at radius 1 is 1.00 bits per heavy atom. The fourth-order valence-corrected chi connectivity index (χ4v) is 7.45. The van der Waals surface area contributed by atoms with Crippen LogP contribution in [0.15, 0.2) is 81.3 Å². The van der Waals surface area contributed by atoms with Gasteiger partial charge in [0.25, 0.3) is 5.01 Å². The van der Waals surface area contributed by atoms with Gasteiger partial charge in [0.1, 0.15) is 23.2 Å². The van der Waals surface area contributed by atoms with Gasteiger partial charge in [-0.15, -0.1) is 0 Å². The van der Waals surface area contributed by atoms with E-state index in [0.29, 0.717) is 17.4 Å². The average Bonchev–Trinajstić information content (AvgIpc) is 3.28. The smallest absolute Gasteiger partial charge is 0.262 e. The molecule has 172 valence electrons. The van der Waals surface area contributed by atoms with Crippen molar-refractivity contribution in [2.24, 2.45) is 13.0 Å². The molecule has 1 atom stereocenters. The predicted molar refractivity (Wildman–Crippen MR) is 141 cm³/mol. The van der Waals surface area contributed by atoms with Gasteiger partial charge in [-0.25, -0.2) is 0 Å². The largest absolute Gasteiger partial charge is 0.508 e. The van der Waals surface area contributed by atoms with Crippen LogP contribution in [0, 0.1) is 5.92 Å². The number of benzene rings is 2. The van der Waals surface area contributed by atoms with Gasteiger partial charge in [-0.05, 0) is 78.7 Å². The van der Waals surface area contributed by atoms with E-state index in [1.165, 1.54) is 39.6 Å². The molecule has 2 heterocycles. The first-order chi connectivity index (χ1) is 16.4. The van der Waals surface area contributed by atoms with Crippen LogP contribution in [0.5, 0.6) is 11.5 Å². The van der Waals surface area contributed by atoms with Gasteiger partial charge in [-0.2, -0.15) is 4.57 Å². The highest BCUT2D eigenvalue weighted by molar-refractivity contribution is 8.03. The van der Waals surface area contributed by atoms with E-state index in [1.54, 1.807) is 35.2 Å². The Bertz CT molecular complexity index is 1440. The molecule has 34 heavy (non-hydrogen) atoms. The van der Waals surface area contributed by atoms with Crippen LogP contribution >= 0.6 is 23.1 Å². The highest BCUT2D eigenvalue weighted by Crippen LogP contribution is 2.47. The number of allylic oxidation sites excluding steroid dienone is 6. The summed E-state index contributed by atoms with van der Waals surface area (Å²) < 4.78 is 3.32. The number of anilines is 1. The Labute approximate surface area is 207 Å².